The molecule has 0 aliphatic heterocycles. The van der Waals surface area contributed by atoms with Crippen LogP contribution in [0.15, 0.2) is 48.5 Å². The van der Waals surface area contributed by atoms with E-state index in [4.69, 9.17) is 4.74 Å². The standard InChI is InChI=1S/C32H36N2O4/c1-19-12-25(38-18-29(35)33-4)13-20(2)31(19)26-7-5-6-22(21(26)3)17-34-24-8-9-27-23(14-24)16-32(10-11-32)28(27)15-30(36)37/h5-9,12-14,28,34H,10-11,15-18H2,1-4H3,(H,33,35)(H,36,37). The van der Waals surface area contributed by atoms with Crippen molar-refractivity contribution in [1.29, 1.82) is 0 Å². The highest BCUT2D eigenvalue weighted by Crippen LogP contribution is 2.64. The molecule has 0 aromatic heterocycles. The number of aryl methyl sites for hydroxylation is 2. The van der Waals surface area contributed by atoms with E-state index >= 15 is 0 Å². The van der Waals surface area contributed by atoms with Gasteiger partial charge in [-0.25, -0.2) is 0 Å². The molecular formula is C32H36N2O4. The third kappa shape index (κ3) is 5.00. The Morgan fingerprint density at radius 3 is 2.45 bits per heavy atom. The monoisotopic (exact) mass is 512 g/mol. The zero-order valence-corrected chi connectivity index (χ0v) is 22.6. The first kappa shape index (κ1) is 25.8. The fourth-order valence-corrected chi connectivity index (χ4v) is 6.22. The zero-order valence-electron chi connectivity index (χ0n) is 22.6. The van der Waals surface area contributed by atoms with Crippen molar-refractivity contribution in [1.82, 2.24) is 5.32 Å². The topological polar surface area (TPSA) is 87.7 Å². The van der Waals surface area contributed by atoms with Crippen LogP contribution in [-0.4, -0.2) is 30.6 Å². The Bertz CT molecular complexity index is 1380. The molecule has 0 saturated heterocycles. The fraction of sp³-hybridized carbons (Fsp3) is 0.375. The van der Waals surface area contributed by atoms with Crippen molar-refractivity contribution in [3.63, 3.8) is 0 Å². The summed E-state index contributed by atoms with van der Waals surface area (Å²) < 4.78 is 5.68. The lowest BCUT2D eigenvalue weighted by Crippen LogP contribution is -2.24. The van der Waals surface area contributed by atoms with Crippen molar-refractivity contribution in [2.24, 2.45) is 5.41 Å². The Labute approximate surface area is 224 Å². The van der Waals surface area contributed by atoms with Gasteiger partial charge in [-0.2, -0.15) is 0 Å². The molecule has 0 radical (unpaired) electrons. The van der Waals surface area contributed by atoms with E-state index < -0.39 is 5.97 Å². The summed E-state index contributed by atoms with van der Waals surface area (Å²) in [6, 6.07) is 16.9. The van der Waals surface area contributed by atoms with Gasteiger partial charge in [0.15, 0.2) is 6.61 Å². The number of ether oxygens (including phenoxy) is 1. The SMILES string of the molecule is CNC(=O)COc1cc(C)c(-c2cccc(CNc3ccc4c(c3)CC3(CC3)C4CC(=O)O)c2C)c(C)c1. The Balaban J connectivity index is 1.33. The summed E-state index contributed by atoms with van der Waals surface area (Å²) in [5.41, 5.74) is 10.8. The molecule has 1 fully saturated rings. The molecule has 1 saturated carbocycles. The van der Waals surface area contributed by atoms with Crippen molar-refractivity contribution in [3.8, 4) is 16.9 Å². The number of hydrogen-bond donors (Lipinski definition) is 3. The molecule has 198 valence electrons. The van der Waals surface area contributed by atoms with Crippen LogP contribution < -0.4 is 15.4 Å². The number of fused-ring (bicyclic) bond motifs is 1. The molecule has 1 spiro atoms. The minimum atomic E-state index is -0.705. The number of carboxylic acids is 1. The lowest BCUT2D eigenvalue weighted by atomic mass is 9.87. The van der Waals surface area contributed by atoms with Gasteiger partial charge in [-0.15, -0.1) is 0 Å². The third-order valence-electron chi connectivity index (χ3n) is 8.42. The number of anilines is 1. The molecule has 1 atom stereocenters. The van der Waals surface area contributed by atoms with E-state index in [-0.39, 0.29) is 30.3 Å². The van der Waals surface area contributed by atoms with Gasteiger partial charge >= 0.3 is 5.97 Å². The van der Waals surface area contributed by atoms with E-state index in [0.29, 0.717) is 12.3 Å². The highest BCUT2D eigenvalue weighted by molar-refractivity contribution is 5.78. The van der Waals surface area contributed by atoms with Gasteiger partial charge in [0.2, 0.25) is 0 Å². The van der Waals surface area contributed by atoms with Crippen LogP contribution in [0.4, 0.5) is 5.69 Å². The number of nitrogens with one attached hydrogen (secondary N) is 2. The van der Waals surface area contributed by atoms with Crippen LogP contribution in [-0.2, 0) is 22.6 Å². The van der Waals surface area contributed by atoms with Gasteiger partial charge in [0.25, 0.3) is 5.91 Å². The minimum absolute atomic E-state index is 0.00119. The van der Waals surface area contributed by atoms with Crippen molar-refractivity contribution in [3.05, 3.63) is 81.9 Å². The molecule has 3 aromatic carbocycles. The normalized spacial score (nSPS) is 16.7. The molecule has 0 bridgehead atoms. The average Bonchev–Trinajstić information content (AvgIpc) is 3.59. The Morgan fingerprint density at radius 1 is 1.05 bits per heavy atom. The third-order valence-corrected chi connectivity index (χ3v) is 8.42. The summed E-state index contributed by atoms with van der Waals surface area (Å²) in [4.78, 5) is 23.0. The first-order chi connectivity index (χ1) is 18.2. The molecule has 2 aliphatic carbocycles. The fourth-order valence-electron chi connectivity index (χ4n) is 6.22. The number of aliphatic carboxylic acids is 1. The second-order valence-electron chi connectivity index (χ2n) is 10.9. The number of likely N-dealkylation sites (N-methyl/N-ethyl adjacent to an activating group) is 1. The van der Waals surface area contributed by atoms with E-state index in [1.807, 2.05) is 12.1 Å². The molecule has 0 heterocycles. The quantitative estimate of drug-likeness (QED) is 0.332. The van der Waals surface area contributed by atoms with E-state index in [1.165, 1.54) is 33.4 Å². The number of carboxylic acid groups (broad SMARTS) is 1. The highest BCUT2D eigenvalue weighted by Gasteiger charge is 2.54. The molecule has 3 N–H and O–H groups in total. The van der Waals surface area contributed by atoms with E-state index in [0.717, 1.165) is 36.1 Å². The maximum absolute atomic E-state index is 11.6. The average molecular weight is 513 g/mol. The second-order valence-corrected chi connectivity index (χ2v) is 10.9. The number of rotatable bonds is 9. The minimum Gasteiger partial charge on any atom is -0.484 e. The summed E-state index contributed by atoms with van der Waals surface area (Å²) in [6.45, 7) is 7.02. The number of hydrogen-bond acceptors (Lipinski definition) is 4. The highest BCUT2D eigenvalue weighted by atomic mass is 16.5. The Kier molecular flexibility index (Phi) is 6.91. The first-order valence-corrected chi connectivity index (χ1v) is 13.3. The van der Waals surface area contributed by atoms with Crippen LogP contribution in [0.5, 0.6) is 5.75 Å². The van der Waals surface area contributed by atoms with Gasteiger partial charge in [0, 0.05) is 25.2 Å². The number of amides is 1. The van der Waals surface area contributed by atoms with Crippen LogP contribution >= 0.6 is 0 Å². The summed E-state index contributed by atoms with van der Waals surface area (Å²) >= 11 is 0. The van der Waals surface area contributed by atoms with Crippen molar-refractivity contribution >= 4 is 17.6 Å². The summed E-state index contributed by atoms with van der Waals surface area (Å²) in [5.74, 6) is -0.0211. The van der Waals surface area contributed by atoms with Crippen molar-refractivity contribution < 1.29 is 19.4 Å². The van der Waals surface area contributed by atoms with Crippen molar-refractivity contribution in [2.45, 2.75) is 58.9 Å². The smallest absolute Gasteiger partial charge is 0.303 e. The molecule has 1 amide bonds. The first-order valence-electron chi connectivity index (χ1n) is 13.3. The van der Waals surface area contributed by atoms with Crippen LogP contribution in [0.1, 0.15) is 58.6 Å². The summed E-state index contributed by atoms with van der Waals surface area (Å²) in [7, 11) is 1.60. The van der Waals surface area contributed by atoms with Gasteiger partial charge in [0.1, 0.15) is 5.75 Å². The Morgan fingerprint density at radius 2 is 1.79 bits per heavy atom. The maximum atomic E-state index is 11.6. The van der Waals surface area contributed by atoms with Gasteiger partial charge in [0.05, 0.1) is 6.42 Å². The van der Waals surface area contributed by atoms with Crippen LogP contribution in [0.3, 0.4) is 0 Å². The molecular weight excluding hydrogens is 476 g/mol. The zero-order chi connectivity index (χ0) is 27.0. The second kappa shape index (κ2) is 10.2. The predicted molar refractivity (Wildman–Crippen MR) is 150 cm³/mol. The lowest BCUT2D eigenvalue weighted by Gasteiger charge is -2.18. The number of benzene rings is 3. The largest absolute Gasteiger partial charge is 0.484 e. The molecule has 2 aliphatic rings. The molecule has 38 heavy (non-hydrogen) atoms. The Hall–Kier alpha value is -3.80. The maximum Gasteiger partial charge on any atom is 0.303 e. The van der Waals surface area contributed by atoms with Crippen LogP contribution in [0.25, 0.3) is 11.1 Å². The van der Waals surface area contributed by atoms with Gasteiger partial charge in [-0.05, 0) is 114 Å². The lowest BCUT2D eigenvalue weighted by molar-refractivity contribution is -0.137. The van der Waals surface area contributed by atoms with Crippen LogP contribution in [0, 0.1) is 26.2 Å². The van der Waals surface area contributed by atoms with E-state index in [2.05, 4.69) is 67.8 Å². The summed E-state index contributed by atoms with van der Waals surface area (Å²) in [6.07, 6.45) is 3.49. The van der Waals surface area contributed by atoms with Crippen LogP contribution in [0.2, 0.25) is 0 Å². The molecule has 3 aromatic rings. The summed E-state index contributed by atoms with van der Waals surface area (Å²) in [5, 5.41) is 15.6. The van der Waals surface area contributed by atoms with Crippen molar-refractivity contribution in [2.75, 3.05) is 19.0 Å². The predicted octanol–water partition coefficient (Wildman–Crippen LogP) is 5.91. The van der Waals surface area contributed by atoms with Gasteiger partial charge in [-0.3, -0.25) is 9.59 Å². The van der Waals surface area contributed by atoms with E-state index in [9.17, 15) is 14.7 Å². The molecule has 6 nitrogen and oxygen atoms in total. The molecule has 5 rings (SSSR count). The molecule has 6 heteroatoms. The molecule has 1 unspecified atom stereocenters. The van der Waals surface area contributed by atoms with E-state index in [1.54, 1.807) is 7.05 Å². The number of carbonyl (C=O) groups is 2. The van der Waals surface area contributed by atoms with Gasteiger partial charge < -0.3 is 20.5 Å². The number of carbonyl (C=O) groups excluding carboxylic acids is 1. The van der Waals surface area contributed by atoms with Gasteiger partial charge in [-0.1, -0.05) is 24.3 Å².